The van der Waals surface area contributed by atoms with Crippen molar-refractivity contribution in [1.29, 1.82) is 0 Å². The number of piperazine rings is 1. The minimum absolute atomic E-state index is 0.0433. The van der Waals surface area contributed by atoms with Crippen LogP contribution in [0.4, 0.5) is 5.69 Å². The number of para-hydroxylation sites is 1. The molecule has 1 fully saturated rings. The van der Waals surface area contributed by atoms with E-state index in [1.165, 1.54) is 28.8 Å². The summed E-state index contributed by atoms with van der Waals surface area (Å²) in [5.41, 5.74) is 2.62. The summed E-state index contributed by atoms with van der Waals surface area (Å²) < 4.78 is 5.93. The van der Waals surface area contributed by atoms with E-state index < -0.39 is 0 Å². The number of aromatic nitrogens is 1. The lowest BCUT2D eigenvalue weighted by molar-refractivity contribution is -0.130. The second kappa shape index (κ2) is 10.7. The number of amides is 1. The largest absolute Gasteiger partial charge is 0.497 e. The number of hydrogen-bond donors (Lipinski definition) is 0. The van der Waals surface area contributed by atoms with Crippen LogP contribution in [0, 0.1) is 0 Å². The predicted octanol–water partition coefficient (Wildman–Crippen LogP) is 4.02. The van der Waals surface area contributed by atoms with Crippen molar-refractivity contribution >= 4 is 40.5 Å². The molecule has 2 aromatic carbocycles. The lowest BCUT2D eigenvalue weighted by atomic mass is 10.1. The van der Waals surface area contributed by atoms with Gasteiger partial charge >= 0.3 is 0 Å². The van der Waals surface area contributed by atoms with Crippen LogP contribution in [0.15, 0.2) is 64.3 Å². The van der Waals surface area contributed by atoms with Crippen LogP contribution in [0.5, 0.6) is 5.75 Å². The minimum atomic E-state index is 0.0433. The van der Waals surface area contributed by atoms with Crippen molar-refractivity contribution in [2.75, 3.05) is 43.9 Å². The van der Waals surface area contributed by atoms with Gasteiger partial charge in [-0.15, -0.1) is 11.3 Å². The summed E-state index contributed by atoms with van der Waals surface area (Å²) in [5.74, 6) is 1.19. The molecule has 4 rings (SSSR count). The fourth-order valence-electron chi connectivity index (χ4n) is 3.54. The van der Waals surface area contributed by atoms with Crippen molar-refractivity contribution in [2.45, 2.75) is 10.8 Å². The highest BCUT2D eigenvalue weighted by Crippen LogP contribution is 2.25. The highest BCUT2D eigenvalue weighted by atomic mass is 32.2. The molecule has 0 radical (unpaired) electrons. The molecule has 32 heavy (non-hydrogen) atoms. The molecule has 2 heterocycles. The van der Waals surface area contributed by atoms with E-state index >= 15 is 0 Å². The third-order valence-corrected chi connectivity index (χ3v) is 7.43. The minimum Gasteiger partial charge on any atom is -0.497 e. The summed E-state index contributed by atoms with van der Waals surface area (Å²) >= 11 is 2.89. The van der Waals surface area contributed by atoms with Gasteiger partial charge in [-0.2, -0.15) is 0 Å². The molecule has 0 bridgehead atoms. The van der Waals surface area contributed by atoms with Crippen molar-refractivity contribution in [1.82, 2.24) is 9.88 Å². The number of hydrogen-bond acceptors (Lipinski definition) is 7. The summed E-state index contributed by atoms with van der Waals surface area (Å²) in [5, 5.41) is 1.91. The third-order valence-electron chi connectivity index (χ3n) is 5.36. The number of methoxy groups -OCH3 is 1. The molecule has 166 valence electrons. The third kappa shape index (κ3) is 5.69. The summed E-state index contributed by atoms with van der Waals surface area (Å²) in [7, 11) is 1.60. The number of ether oxygens (including phenoxy) is 1. The topological polar surface area (TPSA) is 62.7 Å². The second-order valence-corrected chi connectivity index (χ2v) is 9.51. The molecule has 0 saturated carbocycles. The first-order chi connectivity index (χ1) is 15.6. The van der Waals surface area contributed by atoms with Gasteiger partial charge in [0.25, 0.3) is 0 Å². The molecule has 1 saturated heterocycles. The average molecular weight is 468 g/mol. The first-order valence-electron chi connectivity index (χ1n) is 10.4. The molecule has 1 amide bonds. The standard InChI is InChI=1S/C24H25N3O3S2/c1-30-21-9-7-18(8-10-21)22(28)17-32-24-25-19(16-31-24)15-23(29)27-13-11-26(12-14-27)20-5-3-2-4-6-20/h2-10,16H,11-15,17H2,1H3. The number of thiazole rings is 1. The zero-order chi connectivity index (χ0) is 22.3. The lowest BCUT2D eigenvalue weighted by Crippen LogP contribution is -2.49. The predicted molar refractivity (Wildman–Crippen MR) is 129 cm³/mol. The molecule has 0 N–H and O–H groups in total. The van der Waals surface area contributed by atoms with Gasteiger partial charge in [0.2, 0.25) is 5.91 Å². The number of carbonyl (C=O) groups excluding carboxylic acids is 2. The van der Waals surface area contributed by atoms with Crippen LogP contribution >= 0.6 is 23.1 Å². The number of anilines is 1. The van der Waals surface area contributed by atoms with E-state index in [9.17, 15) is 9.59 Å². The van der Waals surface area contributed by atoms with Crippen LogP contribution in [0.2, 0.25) is 0 Å². The van der Waals surface area contributed by atoms with E-state index in [0.29, 0.717) is 17.7 Å². The second-order valence-electron chi connectivity index (χ2n) is 7.43. The number of carbonyl (C=O) groups is 2. The van der Waals surface area contributed by atoms with Gasteiger partial charge in [-0.1, -0.05) is 30.0 Å². The van der Waals surface area contributed by atoms with Gasteiger partial charge < -0.3 is 14.5 Å². The Balaban J connectivity index is 1.24. The van der Waals surface area contributed by atoms with Crippen LogP contribution in [-0.4, -0.2) is 60.6 Å². The maximum atomic E-state index is 12.7. The van der Waals surface area contributed by atoms with Crippen molar-refractivity contribution in [3.8, 4) is 5.75 Å². The molecule has 1 aliphatic heterocycles. The van der Waals surface area contributed by atoms with Crippen molar-refractivity contribution in [3.63, 3.8) is 0 Å². The van der Waals surface area contributed by atoms with E-state index in [1.807, 2.05) is 28.5 Å². The van der Waals surface area contributed by atoms with Gasteiger partial charge in [0, 0.05) is 42.8 Å². The van der Waals surface area contributed by atoms with E-state index in [4.69, 9.17) is 4.74 Å². The van der Waals surface area contributed by atoms with Crippen LogP contribution in [0.3, 0.4) is 0 Å². The van der Waals surface area contributed by atoms with Gasteiger partial charge in [0.15, 0.2) is 10.1 Å². The Kier molecular flexibility index (Phi) is 7.44. The van der Waals surface area contributed by atoms with Gasteiger partial charge in [0.05, 0.1) is 25.0 Å². The zero-order valence-electron chi connectivity index (χ0n) is 17.9. The lowest BCUT2D eigenvalue weighted by Gasteiger charge is -2.36. The number of ketones is 1. The quantitative estimate of drug-likeness (QED) is 0.368. The van der Waals surface area contributed by atoms with Crippen LogP contribution in [0.1, 0.15) is 16.1 Å². The number of nitrogens with zero attached hydrogens (tertiary/aromatic N) is 3. The maximum absolute atomic E-state index is 12.7. The molecule has 6 nitrogen and oxygen atoms in total. The smallest absolute Gasteiger partial charge is 0.228 e. The van der Waals surface area contributed by atoms with E-state index in [1.54, 1.807) is 31.4 Å². The number of Topliss-reactive ketones (excluding diaryl/α,β-unsaturated/α-hetero) is 1. The van der Waals surface area contributed by atoms with Crippen LogP contribution in [0.25, 0.3) is 0 Å². The molecule has 0 atom stereocenters. The van der Waals surface area contributed by atoms with Crippen LogP contribution in [-0.2, 0) is 11.2 Å². The van der Waals surface area contributed by atoms with Crippen LogP contribution < -0.4 is 9.64 Å². The fraction of sp³-hybridized carbons (Fsp3) is 0.292. The fourth-order valence-corrected chi connectivity index (χ4v) is 5.28. The van der Waals surface area contributed by atoms with Gasteiger partial charge in [-0.3, -0.25) is 9.59 Å². The Morgan fingerprint density at radius 2 is 1.75 bits per heavy atom. The number of rotatable bonds is 8. The van der Waals surface area contributed by atoms with E-state index in [0.717, 1.165) is 42.0 Å². The number of thioether (sulfide) groups is 1. The molecular weight excluding hydrogens is 442 g/mol. The summed E-state index contributed by atoms with van der Waals surface area (Å²) in [6, 6.07) is 17.4. The Morgan fingerprint density at radius 1 is 1.03 bits per heavy atom. The molecule has 0 aliphatic carbocycles. The molecule has 0 spiro atoms. The molecule has 1 aromatic heterocycles. The van der Waals surface area contributed by atoms with Crippen molar-refractivity contribution in [2.24, 2.45) is 0 Å². The summed E-state index contributed by atoms with van der Waals surface area (Å²) in [6.45, 7) is 3.11. The summed E-state index contributed by atoms with van der Waals surface area (Å²) in [4.78, 5) is 33.9. The van der Waals surface area contributed by atoms with E-state index in [-0.39, 0.29) is 11.7 Å². The Morgan fingerprint density at radius 3 is 2.44 bits per heavy atom. The first kappa shape index (κ1) is 22.4. The van der Waals surface area contributed by atoms with Gasteiger partial charge in [-0.25, -0.2) is 4.98 Å². The average Bonchev–Trinajstić information content (AvgIpc) is 3.30. The monoisotopic (exact) mass is 467 g/mol. The van der Waals surface area contributed by atoms with Crippen molar-refractivity contribution in [3.05, 3.63) is 71.2 Å². The summed E-state index contributed by atoms with van der Waals surface area (Å²) in [6.07, 6.45) is 0.300. The molecule has 1 aliphatic rings. The maximum Gasteiger partial charge on any atom is 0.228 e. The molecule has 8 heteroatoms. The SMILES string of the molecule is COc1ccc(C(=O)CSc2nc(CC(=O)N3CCN(c4ccccc4)CC3)cs2)cc1. The Labute approximate surface area is 196 Å². The molecular formula is C24H25N3O3S2. The van der Waals surface area contributed by atoms with Crippen molar-refractivity contribution < 1.29 is 14.3 Å². The molecule has 0 unspecified atom stereocenters. The Hall–Kier alpha value is -2.84. The normalized spacial score (nSPS) is 13.8. The zero-order valence-corrected chi connectivity index (χ0v) is 19.5. The first-order valence-corrected chi connectivity index (χ1v) is 12.3. The van der Waals surface area contributed by atoms with Gasteiger partial charge in [0.1, 0.15) is 5.75 Å². The molecule has 3 aromatic rings. The van der Waals surface area contributed by atoms with Gasteiger partial charge in [-0.05, 0) is 36.4 Å². The highest BCUT2D eigenvalue weighted by molar-refractivity contribution is 8.01. The van der Waals surface area contributed by atoms with E-state index in [2.05, 4.69) is 22.0 Å². The highest BCUT2D eigenvalue weighted by Gasteiger charge is 2.22. The Bertz CT molecular complexity index is 1050. The number of benzene rings is 2.